The van der Waals surface area contributed by atoms with Gasteiger partial charge >= 0.3 is 5.97 Å². The van der Waals surface area contributed by atoms with Crippen molar-refractivity contribution in [1.82, 2.24) is 4.72 Å². The van der Waals surface area contributed by atoms with E-state index in [1.54, 1.807) is 6.07 Å². The van der Waals surface area contributed by atoms with E-state index in [2.05, 4.69) is 10.0 Å². The zero-order valence-corrected chi connectivity index (χ0v) is 20.0. The number of nitrogens with one attached hydrogen (secondary N) is 2. The van der Waals surface area contributed by atoms with Gasteiger partial charge in [-0.25, -0.2) is 13.1 Å². The lowest BCUT2D eigenvalue weighted by atomic mass is 9.87. The van der Waals surface area contributed by atoms with Crippen molar-refractivity contribution < 1.29 is 27.5 Å². The van der Waals surface area contributed by atoms with E-state index in [4.69, 9.17) is 21.1 Å². The quantitative estimate of drug-likeness (QED) is 0.529. The summed E-state index contributed by atoms with van der Waals surface area (Å²) < 4.78 is 36.9. The van der Waals surface area contributed by atoms with Crippen molar-refractivity contribution in [1.29, 1.82) is 0 Å². The molecule has 0 bridgehead atoms. The summed E-state index contributed by atoms with van der Waals surface area (Å²) in [7, 11) is -2.29. The van der Waals surface area contributed by atoms with Crippen molar-refractivity contribution in [3.8, 4) is 5.75 Å². The summed E-state index contributed by atoms with van der Waals surface area (Å²) >= 11 is 5.75. The van der Waals surface area contributed by atoms with Crippen molar-refractivity contribution in [2.45, 2.75) is 37.5 Å². The fourth-order valence-corrected chi connectivity index (χ4v) is 3.82. The molecule has 0 spiro atoms. The number of anilines is 1. The summed E-state index contributed by atoms with van der Waals surface area (Å²) in [6.07, 6.45) is -0.233. The number of esters is 1. The number of carbonyl (C=O) groups is 2. The van der Waals surface area contributed by atoms with E-state index in [1.807, 2.05) is 32.9 Å². The molecule has 0 aromatic heterocycles. The molecule has 0 saturated heterocycles. The highest BCUT2D eigenvalue weighted by molar-refractivity contribution is 7.89. The van der Waals surface area contributed by atoms with Crippen LogP contribution in [0.3, 0.4) is 0 Å². The van der Waals surface area contributed by atoms with Crippen LogP contribution in [0.4, 0.5) is 5.69 Å². The Balaban J connectivity index is 1.84. The monoisotopic (exact) mass is 482 g/mol. The molecular weight excluding hydrogens is 456 g/mol. The molecule has 2 aromatic carbocycles. The smallest absolute Gasteiger partial charge is 0.307 e. The predicted molar refractivity (Wildman–Crippen MR) is 123 cm³/mol. The first-order chi connectivity index (χ1) is 14.9. The zero-order valence-electron chi connectivity index (χ0n) is 18.4. The van der Waals surface area contributed by atoms with Gasteiger partial charge in [-0.1, -0.05) is 38.4 Å². The standard InChI is InChI=1S/C22H27ClN2O6S/c1-22(2,3)15-5-10-19(30-4)18(13-15)25-20(26)14-31-21(27)11-12-24-32(28,29)17-8-6-16(23)7-9-17/h5-10,13,24H,11-12,14H2,1-4H3,(H,25,26). The lowest BCUT2D eigenvalue weighted by Crippen LogP contribution is -2.28. The number of ether oxygens (including phenoxy) is 2. The van der Waals surface area contributed by atoms with Gasteiger partial charge in [0.1, 0.15) is 5.75 Å². The molecule has 0 unspecified atom stereocenters. The molecule has 0 aliphatic heterocycles. The van der Waals surface area contributed by atoms with Gasteiger partial charge in [0, 0.05) is 11.6 Å². The topological polar surface area (TPSA) is 111 Å². The van der Waals surface area contributed by atoms with E-state index in [9.17, 15) is 18.0 Å². The Morgan fingerprint density at radius 1 is 1.06 bits per heavy atom. The second kappa shape index (κ2) is 10.8. The summed E-state index contributed by atoms with van der Waals surface area (Å²) in [4.78, 5) is 24.2. The summed E-state index contributed by atoms with van der Waals surface area (Å²) in [5.74, 6) is -0.770. The number of carbonyl (C=O) groups excluding carboxylic acids is 2. The molecule has 0 atom stereocenters. The minimum Gasteiger partial charge on any atom is -0.495 e. The number of hydrogen-bond donors (Lipinski definition) is 2. The van der Waals surface area contributed by atoms with Crippen molar-refractivity contribution in [3.05, 3.63) is 53.1 Å². The third kappa shape index (κ3) is 7.51. The van der Waals surface area contributed by atoms with Crippen LogP contribution in [0.25, 0.3) is 0 Å². The molecule has 2 aromatic rings. The second-order valence-corrected chi connectivity index (χ2v) is 10.2. The molecule has 0 aliphatic rings. The zero-order chi connectivity index (χ0) is 23.9. The van der Waals surface area contributed by atoms with Crippen LogP contribution in [0, 0.1) is 0 Å². The lowest BCUT2D eigenvalue weighted by molar-refractivity contribution is -0.147. The third-order valence-electron chi connectivity index (χ3n) is 4.45. The van der Waals surface area contributed by atoms with Gasteiger partial charge < -0.3 is 14.8 Å². The molecule has 0 heterocycles. The van der Waals surface area contributed by atoms with Gasteiger partial charge in [0.25, 0.3) is 5.91 Å². The average Bonchev–Trinajstić information content (AvgIpc) is 2.71. The third-order valence-corrected chi connectivity index (χ3v) is 6.18. The van der Waals surface area contributed by atoms with Crippen LogP contribution in [0.2, 0.25) is 5.02 Å². The molecule has 1 amide bonds. The molecule has 32 heavy (non-hydrogen) atoms. The maximum absolute atomic E-state index is 12.2. The molecule has 0 saturated carbocycles. The van der Waals surface area contributed by atoms with E-state index >= 15 is 0 Å². The van der Waals surface area contributed by atoms with Gasteiger partial charge in [-0.2, -0.15) is 0 Å². The SMILES string of the molecule is COc1ccc(C(C)(C)C)cc1NC(=O)COC(=O)CCNS(=O)(=O)c1ccc(Cl)cc1. The normalized spacial score (nSPS) is 11.7. The highest BCUT2D eigenvalue weighted by atomic mass is 35.5. The summed E-state index contributed by atoms with van der Waals surface area (Å²) in [6.45, 7) is 5.45. The van der Waals surface area contributed by atoms with Crippen LogP contribution in [0.5, 0.6) is 5.75 Å². The number of halogens is 1. The largest absolute Gasteiger partial charge is 0.495 e. The first-order valence-corrected chi connectivity index (χ1v) is 11.7. The van der Waals surface area contributed by atoms with Gasteiger partial charge in [0.05, 0.1) is 24.1 Å². The van der Waals surface area contributed by atoms with Crippen molar-refractivity contribution in [3.63, 3.8) is 0 Å². The van der Waals surface area contributed by atoms with E-state index in [-0.39, 0.29) is 23.3 Å². The number of hydrogen-bond acceptors (Lipinski definition) is 6. The molecule has 2 N–H and O–H groups in total. The Morgan fingerprint density at radius 3 is 2.31 bits per heavy atom. The van der Waals surface area contributed by atoms with E-state index in [1.165, 1.54) is 31.4 Å². The Bertz CT molecular complexity index is 1060. The van der Waals surface area contributed by atoms with Gasteiger partial charge in [0.15, 0.2) is 6.61 Å². The molecule has 2 rings (SSSR count). The summed E-state index contributed by atoms with van der Waals surface area (Å²) in [6, 6.07) is 11.1. The number of amides is 1. The van der Waals surface area contributed by atoms with Crippen molar-refractivity contribution in [2.75, 3.05) is 25.6 Å². The minimum absolute atomic E-state index is 0.0288. The number of rotatable bonds is 9. The lowest BCUT2D eigenvalue weighted by Gasteiger charge is -2.21. The van der Waals surface area contributed by atoms with Gasteiger partial charge in [0.2, 0.25) is 10.0 Å². The van der Waals surface area contributed by atoms with Crippen LogP contribution >= 0.6 is 11.6 Å². The van der Waals surface area contributed by atoms with E-state index in [0.717, 1.165) is 5.56 Å². The summed E-state index contributed by atoms with van der Waals surface area (Å²) in [5, 5.41) is 3.08. The highest BCUT2D eigenvalue weighted by Gasteiger charge is 2.18. The fourth-order valence-electron chi connectivity index (χ4n) is 2.66. The fraction of sp³-hybridized carbons (Fsp3) is 0.364. The molecule has 0 aliphatic carbocycles. The minimum atomic E-state index is -3.78. The van der Waals surface area contributed by atoms with Crippen LogP contribution in [0.15, 0.2) is 47.4 Å². The Labute approximate surface area is 193 Å². The van der Waals surface area contributed by atoms with Crippen LogP contribution in [0.1, 0.15) is 32.8 Å². The number of benzene rings is 2. The average molecular weight is 483 g/mol. The molecule has 8 nitrogen and oxygen atoms in total. The summed E-state index contributed by atoms with van der Waals surface area (Å²) in [5.41, 5.74) is 1.34. The van der Waals surface area contributed by atoms with Gasteiger partial charge in [-0.3, -0.25) is 9.59 Å². The van der Waals surface area contributed by atoms with Crippen LogP contribution < -0.4 is 14.8 Å². The Kier molecular flexibility index (Phi) is 8.65. The number of sulfonamides is 1. The second-order valence-electron chi connectivity index (χ2n) is 7.98. The highest BCUT2D eigenvalue weighted by Crippen LogP contribution is 2.31. The molecule has 174 valence electrons. The maximum Gasteiger partial charge on any atom is 0.307 e. The Morgan fingerprint density at radius 2 is 1.72 bits per heavy atom. The molecule has 0 radical (unpaired) electrons. The van der Waals surface area contributed by atoms with Crippen LogP contribution in [-0.4, -0.2) is 40.6 Å². The van der Waals surface area contributed by atoms with Crippen molar-refractivity contribution in [2.24, 2.45) is 0 Å². The maximum atomic E-state index is 12.2. The first kappa shape index (κ1) is 25.6. The van der Waals surface area contributed by atoms with E-state index in [0.29, 0.717) is 16.5 Å². The predicted octanol–water partition coefficient (Wildman–Crippen LogP) is 3.50. The van der Waals surface area contributed by atoms with Gasteiger partial charge in [-0.15, -0.1) is 0 Å². The molecular formula is C22H27ClN2O6S. The Hall–Kier alpha value is -2.62. The number of methoxy groups -OCH3 is 1. The van der Waals surface area contributed by atoms with Gasteiger partial charge in [-0.05, 0) is 47.4 Å². The first-order valence-electron chi connectivity index (χ1n) is 9.81. The molecule has 0 fully saturated rings. The molecule has 10 heteroatoms. The van der Waals surface area contributed by atoms with Crippen molar-refractivity contribution >= 4 is 39.2 Å². The van der Waals surface area contributed by atoms with Crippen LogP contribution in [-0.2, 0) is 29.8 Å². The van der Waals surface area contributed by atoms with E-state index < -0.39 is 28.5 Å².